The van der Waals surface area contributed by atoms with Crippen LogP contribution in [0.2, 0.25) is 0 Å². The van der Waals surface area contributed by atoms with Gasteiger partial charge in [0.25, 0.3) is 0 Å². The summed E-state index contributed by atoms with van der Waals surface area (Å²) in [7, 11) is 0. The highest BCUT2D eigenvalue weighted by Gasteiger charge is 2.17. The second-order valence-electron chi connectivity index (χ2n) is 4.63. The Morgan fingerprint density at radius 2 is 1.89 bits per heavy atom. The summed E-state index contributed by atoms with van der Waals surface area (Å²) in [5.74, 6) is 1.85. The van der Waals surface area contributed by atoms with E-state index in [1.807, 2.05) is 23.6 Å². The molecule has 18 heavy (non-hydrogen) atoms. The van der Waals surface area contributed by atoms with Crippen LogP contribution in [0, 0.1) is 6.92 Å². The van der Waals surface area contributed by atoms with Gasteiger partial charge in [0.15, 0.2) is 11.5 Å². The number of aromatic nitrogens is 4. The third kappa shape index (κ3) is 1.92. The van der Waals surface area contributed by atoms with Gasteiger partial charge in [-0.25, -0.2) is 0 Å². The Bertz CT molecular complexity index is 540. The monoisotopic (exact) mass is 246 g/mol. The Hall–Kier alpha value is -1.69. The van der Waals surface area contributed by atoms with Crippen LogP contribution in [-0.4, -0.2) is 57.4 Å². The Balaban J connectivity index is 1.84. The van der Waals surface area contributed by atoms with Crippen molar-refractivity contribution in [1.82, 2.24) is 24.7 Å². The average molecular weight is 246 g/mol. The van der Waals surface area contributed by atoms with E-state index in [2.05, 4.69) is 32.0 Å². The van der Waals surface area contributed by atoms with Crippen LogP contribution in [0.5, 0.6) is 0 Å². The number of hydrogen-bond acceptors (Lipinski definition) is 5. The van der Waals surface area contributed by atoms with E-state index in [4.69, 9.17) is 0 Å². The van der Waals surface area contributed by atoms with Gasteiger partial charge < -0.3 is 9.80 Å². The van der Waals surface area contributed by atoms with Crippen molar-refractivity contribution in [2.45, 2.75) is 13.8 Å². The standard InChI is InChI=1S/C12H18N6/c1-3-16-6-8-17(9-7-16)12-5-4-11-14-13-10(2)18(11)15-12/h4-5H,3,6-9H2,1-2H3. The van der Waals surface area contributed by atoms with Gasteiger partial charge in [0.05, 0.1) is 0 Å². The molecule has 0 N–H and O–H groups in total. The van der Waals surface area contributed by atoms with Gasteiger partial charge in [0, 0.05) is 26.2 Å². The first kappa shape index (κ1) is 11.4. The predicted molar refractivity (Wildman–Crippen MR) is 69.8 cm³/mol. The zero-order chi connectivity index (χ0) is 12.5. The highest BCUT2D eigenvalue weighted by atomic mass is 15.4. The summed E-state index contributed by atoms with van der Waals surface area (Å²) in [6, 6.07) is 4.01. The Kier molecular flexibility index (Phi) is 2.87. The van der Waals surface area contributed by atoms with Crippen molar-refractivity contribution in [1.29, 1.82) is 0 Å². The van der Waals surface area contributed by atoms with Crippen molar-refractivity contribution in [3.05, 3.63) is 18.0 Å². The minimum atomic E-state index is 0.809. The fraction of sp³-hybridized carbons (Fsp3) is 0.583. The number of anilines is 1. The lowest BCUT2D eigenvalue weighted by molar-refractivity contribution is 0.270. The average Bonchev–Trinajstić information content (AvgIpc) is 2.80. The molecule has 0 unspecified atom stereocenters. The summed E-state index contributed by atoms with van der Waals surface area (Å²) in [6.45, 7) is 9.55. The molecule has 0 spiro atoms. The molecule has 0 aliphatic carbocycles. The minimum absolute atomic E-state index is 0.809. The lowest BCUT2D eigenvalue weighted by Gasteiger charge is -2.34. The Morgan fingerprint density at radius 3 is 2.61 bits per heavy atom. The third-order valence-electron chi connectivity index (χ3n) is 3.55. The van der Waals surface area contributed by atoms with Crippen molar-refractivity contribution in [2.24, 2.45) is 0 Å². The first-order valence-electron chi connectivity index (χ1n) is 6.44. The zero-order valence-corrected chi connectivity index (χ0v) is 10.9. The minimum Gasteiger partial charge on any atom is -0.353 e. The van der Waals surface area contributed by atoms with Crippen LogP contribution >= 0.6 is 0 Å². The van der Waals surface area contributed by atoms with Crippen LogP contribution in [0.25, 0.3) is 5.65 Å². The van der Waals surface area contributed by atoms with Gasteiger partial charge in [0.1, 0.15) is 5.82 Å². The van der Waals surface area contributed by atoms with Crippen molar-refractivity contribution >= 4 is 11.5 Å². The summed E-state index contributed by atoms with van der Waals surface area (Å²) in [6.07, 6.45) is 0. The van der Waals surface area contributed by atoms with Gasteiger partial charge in [-0.3, -0.25) is 0 Å². The number of rotatable bonds is 2. The molecule has 6 heteroatoms. The fourth-order valence-electron chi connectivity index (χ4n) is 2.35. The number of likely N-dealkylation sites (N-methyl/N-ethyl adjacent to an activating group) is 1. The summed E-state index contributed by atoms with van der Waals surface area (Å²) < 4.78 is 1.81. The Morgan fingerprint density at radius 1 is 1.11 bits per heavy atom. The fourth-order valence-corrected chi connectivity index (χ4v) is 2.35. The van der Waals surface area contributed by atoms with Crippen LogP contribution in [0.3, 0.4) is 0 Å². The summed E-state index contributed by atoms with van der Waals surface area (Å²) >= 11 is 0. The van der Waals surface area contributed by atoms with Crippen molar-refractivity contribution in [3.8, 4) is 0 Å². The molecule has 0 bridgehead atoms. The molecule has 0 amide bonds. The lowest BCUT2D eigenvalue weighted by atomic mass is 10.3. The molecule has 1 saturated heterocycles. The maximum Gasteiger partial charge on any atom is 0.178 e. The second-order valence-corrected chi connectivity index (χ2v) is 4.63. The number of fused-ring (bicyclic) bond motifs is 1. The number of aryl methyl sites for hydroxylation is 1. The maximum atomic E-state index is 4.61. The smallest absolute Gasteiger partial charge is 0.178 e. The van der Waals surface area contributed by atoms with E-state index in [1.165, 1.54) is 0 Å². The molecule has 0 saturated carbocycles. The molecular formula is C12H18N6. The normalized spacial score (nSPS) is 17.6. The SMILES string of the molecule is CCN1CCN(c2ccc3nnc(C)n3n2)CC1. The summed E-state index contributed by atoms with van der Waals surface area (Å²) in [5.41, 5.74) is 0.809. The van der Waals surface area contributed by atoms with E-state index in [9.17, 15) is 0 Å². The molecule has 2 aromatic heterocycles. The molecule has 0 aromatic carbocycles. The molecule has 1 aliphatic rings. The predicted octanol–water partition coefficient (Wildman–Crippen LogP) is 0.575. The maximum absolute atomic E-state index is 4.61. The Labute approximate surface area is 106 Å². The van der Waals surface area contributed by atoms with E-state index in [0.29, 0.717) is 0 Å². The van der Waals surface area contributed by atoms with Crippen molar-refractivity contribution in [3.63, 3.8) is 0 Å². The van der Waals surface area contributed by atoms with Gasteiger partial charge in [-0.1, -0.05) is 6.92 Å². The van der Waals surface area contributed by atoms with Crippen LogP contribution in [0.1, 0.15) is 12.7 Å². The number of hydrogen-bond donors (Lipinski definition) is 0. The molecule has 2 aromatic rings. The van der Waals surface area contributed by atoms with E-state index in [-0.39, 0.29) is 0 Å². The third-order valence-corrected chi connectivity index (χ3v) is 3.55. The molecule has 0 atom stereocenters. The van der Waals surface area contributed by atoms with Crippen LogP contribution < -0.4 is 4.90 Å². The molecule has 1 fully saturated rings. The summed E-state index contributed by atoms with van der Waals surface area (Å²) in [4.78, 5) is 4.78. The lowest BCUT2D eigenvalue weighted by Crippen LogP contribution is -2.46. The molecule has 0 radical (unpaired) electrons. The molecular weight excluding hydrogens is 228 g/mol. The van der Waals surface area contributed by atoms with Crippen LogP contribution in [0.15, 0.2) is 12.1 Å². The van der Waals surface area contributed by atoms with E-state index >= 15 is 0 Å². The molecule has 1 aliphatic heterocycles. The van der Waals surface area contributed by atoms with Gasteiger partial charge in [-0.15, -0.1) is 15.3 Å². The topological polar surface area (TPSA) is 49.6 Å². The van der Waals surface area contributed by atoms with E-state index in [0.717, 1.165) is 50.0 Å². The second kappa shape index (κ2) is 4.53. The number of piperazine rings is 1. The number of nitrogens with zero attached hydrogens (tertiary/aromatic N) is 6. The van der Waals surface area contributed by atoms with Gasteiger partial charge >= 0.3 is 0 Å². The first-order chi connectivity index (χ1) is 8.78. The first-order valence-corrected chi connectivity index (χ1v) is 6.44. The van der Waals surface area contributed by atoms with Gasteiger partial charge in [-0.2, -0.15) is 4.52 Å². The van der Waals surface area contributed by atoms with Crippen LogP contribution in [-0.2, 0) is 0 Å². The quantitative estimate of drug-likeness (QED) is 0.775. The molecule has 3 rings (SSSR count). The van der Waals surface area contributed by atoms with Crippen molar-refractivity contribution < 1.29 is 0 Å². The highest BCUT2D eigenvalue weighted by Crippen LogP contribution is 2.14. The van der Waals surface area contributed by atoms with E-state index < -0.39 is 0 Å². The zero-order valence-electron chi connectivity index (χ0n) is 10.9. The molecule has 3 heterocycles. The van der Waals surface area contributed by atoms with Gasteiger partial charge in [0.2, 0.25) is 0 Å². The summed E-state index contributed by atoms with van der Waals surface area (Å²) in [5, 5.41) is 12.7. The van der Waals surface area contributed by atoms with Gasteiger partial charge in [-0.05, 0) is 25.6 Å². The largest absolute Gasteiger partial charge is 0.353 e. The van der Waals surface area contributed by atoms with E-state index in [1.54, 1.807) is 0 Å². The molecule has 96 valence electrons. The molecule has 6 nitrogen and oxygen atoms in total. The van der Waals surface area contributed by atoms with Crippen LogP contribution in [0.4, 0.5) is 5.82 Å². The highest BCUT2D eigenvalue weighted by molar-refractivity contribution is 5.46. The van der Waals surface area contributed by atoms with Crippen molar-refractivity contribution in [2.75, 3.05) is 37.6 Å².